The van der Waals surface area contributed by atoms with E-state index in [1.165, 1.54) is 19.4 Å². The predicted molar refractivity (Wildman–Crippen MR) is 88.9 cm³/mol. The van der Waals surface area contributed by atoms with Crippen LogP contribution >= 0.6 is 0 Å². The first kappa shape index (κ1) is 14.0. The molecule has 1 unspecified atom stereocenters. The van der Waals surface area contributed by atoms with E-state index in [0.717, 1.165) is 34.6 Å². The highest BCUT2D eigenvalue weighted by atomic mass is 15.2. The molecule has 3 heterocycles. The Balaban J connectivity index is 1.57. The van der Waals surface area contributed by atoms with Gasteiger partial charge in [0, 0.05) is 25.3 Å². The first-order valence-corrected chi connectivity index (χ1v) is 8.39. The Kier molecular flexibility index (Phi) is 3.33. The molecule has 5 heteroatoms. The first-order chi connectivity index (χ1) is 10.6. The second-order valence-corrected chi connectivity index (χ2v) is 7.28. The summed E-state index contributed by atoms with van der Waals surface area (Å²) in [6.07, 6.45) is 6.15. The van der Waals surface area contributed by atoms with Gasteiger partial charge in [-0.25, -0.2) is 9.97 Å². The van der Waals surface area contributed by atoms with Gasteiger partial charge in [-0.15, -0.1) is 0 Å². The SMILES string of the molecule is CC(C)C1NC[C@@H]2C[C@H](N(C)c3ncnc4[nH]ccc34)C[C@H]12. The summed E-state index contributed by atoms with van der Waals surface area (Å²) < 4.78 is 0. The van der Waals surface area contributed by atoms with Crippen LogP contribution in [0.1, 0.15) is 26.7 Å². The number of aromatic amines is 1. The molecular weight excluding hydrogens is 274 g/mol. The minimum atomic E-state index is 0.589. The van der Waals surface area contributed by atoms with Crippen LogP contribution in [-0.2, 0) is 0 Å². The van der Waals surface area contributed by atoms with Crippen molar-refractivity contribution in [3.05, 3.63) is 18.6 Å². The Bertz CT molecular complexity index is 664. The topological polar surface area (TPSA) is 56.8 Å². The summed E-state index contributed by atoms with van der Waals surface area (Å²) in [5.74, 6) is 3.42. The lowest BCUT2D eigenvalue weighted by Gasteiger charge is -2.28. The molecule has 2 aromatic rings. The number of rotatable bonds is 3. The second-order valence-electron chi connectivity index (χ2n) is 7.28. The van der Waals surface area contributed by atoms with Crippen LogP contribution in [0.2, 0.25) is 0 Å². The lowest BCUT2D eigenvalue weighted by molar-refractivity contribution is 0.333. The molecule has 5 nitrogen and oxygen atoms in total. The molecule has 0 spiro atoms. The third-order valence-electron chi connectivity index (χ3n) is 5.73. The van der Waals surface area contributed by atoms with Gasteiger partial charge in [-0.2, -0.15) is 0 Å². The van der Waals surface area contributed by atoms with Gasteiger partial charge < -0.3 is 15.2 Å². The standard InChI is InChI=1S/C17H25N5/c1-10(2)15-14-7-12(6-11(14)8-19-15)22(3)17-13-4-5-18-16(13)20-9-21-17/h4-5,9-12,14-15,19H,6-8H2,1-3H3,(H,18,20,21)/t11-,12-,14-,15?/m0/s1. The van der Waals surface area contributed by atoms with E-state index in [2.05, 4.69) is 52.1 Å². The van der Waals surface area contributed by atoms with Crippen LogP contribution in [0.5, 0.6) is 0 Å². The van der Waals surface area contributed by atoms with Gasteiger partial charge in [0.15, 0.2) is 0 Å². The van der Waals surface area contributed by atoms with Crippen LogP contribution in [0.4, 0.5) is 5.82 Å². The summed E-state index contributed by atoms with van der Waals surface area (Å²) in [4.78, 5) is 14.4. The number of hydrogen-bond donors (Lipinski definition) is 2. The van der Waals surface area contributed by atoms with Crippen molar-refractivity contribution in [1.82, 2.24) is 20.3 Å². The van der Waals surface area contributed by atoms with Crippen LogP contribution in [0.3, 0.4) is 0 Å². The molecule has 1 saturated heterocycles. The first-order valence-electron chi connectivity index (χ1n) is 8.39. The number of H-pyrrole nitrogens is 1. The van der Waals surface area contributed by atoms with E-state index in [9.17, 15) is 0 Å². The maximum atomic E-state index is 4.55. The molecule has 118 valence electrons. The Morgan fingerprint density at radius 3 is 2.95 bits per heavy atom. The summed E-state index contributed by atoms with van der Waals surface area (Å²) in [7, 11) is 2.19. The van der Waals surface area contributed by atoms with E-state index in [4.69, 9.17) is 0 Å². The van der Waals surface area contributed by atoms with Gasteiger partial charge in [0.25, 0.3) is 0 Å². The van der Waals surface area contributed by atoms with Crippen molar-refractivity contribution >= 4 is 16.9 Å². The van der Waals surface area contributed by atoms with Crippen LogP contribution in [0, 0.1) is 17.8 Å². The van der Waals surface area contributed by atoms with E-state index < -0.39 is 0 Å². The quantitative estimate of drug-likeness (QED) is 0.914. The van der Waals surface area contributed by atoms with E-state index in [-0.39, 0.29) is 0 Å². The molecular formula is C17H25N5. The molecule has 4 rings (SSSR count). The highest BCUT2D eigenvalue weighted by molar-refractivity contribution is 5.87. The third kappa shape index (κ3) is 2.10. The Morgan fingerprint density at radius 2 is 2.14 bits per heavy atom. The molecule has 2 fully saturated rings. The molecule has 0 radical (unpaired) electrons. The monoisotopic (exact) mass is 299 g/mol. The fourth-order valence-corrected chi connectivity index (χ4v) is 4.60. The Morgan fingerprint density at radius 1 is 1.27 bits per heavy atom. The minimum absolute atomic E-state index is 0.589. The van der Waals surface area contributed by atoms with Gasteiger partial charge in [-0.05, 0) is 43.2 Å². The molecule has 1 saturated carbocycles. The van der Waals surface area contributed by atoms with Crippen LogP contribution in [0.15, 0.2) is 18.6 Å². The summed E-state index contributed by atoms with van der Waals surface area (Å²) in [5, 5.41) is 4.86. The van der Waals surface area contributed by atoms with Crippen molar-refractivity contribution in [3.8, 4) is 0 Å². The number of fused-ring (bicyclic) bond motifs is 2. The summed E-state index contributed by atoms with van der Waals surface area (Å²) >= 11 is 0. The zero-order valence-electron chi connectivity index (χ0n) is 13.6. The molecule has 4 atom stereocenters. The van der Waals surface area contributed by atoms with Crippen LogP contribution in [0.25, 0.3) is 11.0 Å². The van der Waals surface area contributed by atoms with Gasteiger partial charge >= 0.3 is 0 Å². The number of nitrogens with one attached hydrogen (secondary N) is 2. The smallest absolute Gasteiger partial charge is 0.142 e. The van der Waals surface area contributed by atoms with E-state index in [1.807, 2.05) is 6.20 Å². The molecule has 2 N–H and O–H groups in total. The average molecular weight is 299 g/mol. The van der Waals surface area contributed by atoms with Gasteiger partial charge in [0.1, 0.15) is 17.8 Å². The number of hydrogen-bond acceptors (Lipinski definition) is 4. The molecule has 0 bridgehead atoms. The fourth-order valence-electron chi connectivity index (χ4n) is 4.60. The van der Waals surface area contributed by atoms with Crippen molar-refractivity contribution in [2.24, 2.45) is 17.8 Å². The Labute approximate surface area is 131 Å². The lowest BCUT2D eigenvalue weighted by atomic mass is 9.88. The van der Waals surface area contributed by atoms with Crippen molar-refractivity contribution in [1.29, 1.82) is 0 Å². The van der Waals surface area contributed by atoms with Gasteiger partial charge in [-0.3, -0.25) is 0 Å². The van der Waals surface area contributed by atoms with Gasteiger partial charge in [0.2, 0.25) is 0 Å². The molecule has 2 aliphatic rings. The van der Waals surface area contributed by atoms with Gasteiger partial charge in [-0.1, -0.05) is 13.8 Å². The van der Waals surface area contributed by atoms with E-state index >= 15 is 0 Å². The van der Waals surface area contributed by atoms with Crippen molar-refractivity contribution in [3.63, 3.8) is 0 Å². The van der Waals surface area contributed by atoms with Crippen molar-refractivity contribution < 1.29 is 0 Å². The normalized spacial score (nSPS) is 31.1. The molecule has 1 aliphatic heterocycles. The largest absolute Gasteiger partial charge is 0.356 e. The fraction of sp³-hybridized carbons (Fsp3) is 0.647. The number of anilines is 1. The molecule has 1 aliphatic carbocycles. The van der Waals surface area contributed by atoms with E-state index in [1.54, 1.807) is 6.33 Å². The Hall–Kier alpha value is -1.62. The highest BCUT2D eigenvalue weighted by Gasteiger charge is 2.45. The minimum Gasteiger partial charge on any atom is -0.356 e. The maximum absolute atomic E-state index is 4.55. The van der Waals surface area contributed by atoms with Crippen LogP contribution in [-0.4, -0.2) is 40.6 Å². The number of nitrogens with zero attached hydrogens (tertiary/aromatic N) is 3. The van der Waals surface area contributed by atoms with Crippen LogP contribution < -0.4 is 10.2 Å². The lowest BCUT2D eigenvalue weighted by Crippen LogP contribution is -2.36. The molecule has 2 aromatic heterocycles. The summed E-state index contributed by atoms with van der Waals surface area (Å²) in [6, 6.07) is 3.35. The van der Waals surface area contributed by atoms with E-state index in [0.29, 0.717) is 12.1 Å². The molecule has 0 aromatic carbocycles. The average Bonchev–Trinajstić information content (AvgIpc) is 3.19. The van der Waals surface area contributed by atoms with Crippen molar-refractivity contribution in [2.45, 2.75) is 38.8 Å². The summed E-state index contributed by atoms with van der Waals surface area (Å²) in [5.41, 5.74) is 0.928. The molecule has 22 heavy (non-hydrogen) atoms. The summed E-state index contributed by atoms with van der Waals surface area (Å²) in [6.45, 7) is 5.86. The second kappa shape index (κ2) is 5.23. The van der Waals surface area contributed by atoms with Crippen molar-refractivity contribution in [2.75, 3.05) is 18.5 Å². The zero-order chi connectivity index (χ0) is 15.3. The zero-order valence-corrected chi connectivity index (χ0v) is 13.6. The third-order valence-corrected chi connectivity index (χ3v) is 5.73. The highest BCUT2D eigenvalue weighted by Crippen LogP contribution is 2.43. The predicted octanol–water partition coefficient (Wildman–Crippen LogP) is 2.42. The van der Waals surface area contributed by atoms with Gasteiger partial charge in [0.05, 0.1) is 5.39 Å². The number of aromatic nitrogens is 3. The molecule has 0 amide bonds. The maximum Gasteiger partial charge on any atom is 0.142 e.